The van der Waals surface area contributed by atoms with Gasteiger partial charge in [0.05, 0.1) is 12.3 Å². The van der Waals surface area contributed by atoms with Crippen molar-refractivity contribution in [2.75, 3.05) is 18.4 Å². The number of rotatable bonds is 6. The molecule has 3 aromatic rings. The minimum Gasteiger partial charge on any atom is -0.459 e. The summed E-state index contributed by atoms with van der Waals surface area (Å²) < 4.78 is 5.29. The highest BCUT2D eigenvalue weighted by Crippen LogP contribution is 2.40. The van der Waals surface area contributed by atoms with E-state index in [9.17, 15) is 4.79 Å². The van der Waals surface area contributed by atoms with Gasteiger partial charge in [0.1, 0.15) is 5.00 Å². The van der Waals surface area contributed by atoms with E-state index in [2.05, 4.69) is 47.2 Å². The molecule has 4 rings (SSSR count). The molecule has 5 nitrogen and oxygen atoms in total. The predicted octanol–water partition coefficient (Wildman–Crippen LogP) is 5.37. The van der Waals surface area contributed by atoms with Crippen LogP contribution in [0.1, 0.15) is 59.3 Å². The predicted molar refractivity (Wildman–Crippen MR) is 116 cm³/mol. The standard InChI is InChI=1S/C23H27N3O2S/c1-3-18-15-19(23(29-18)25-22(27)20-5-4-14-28-20)21(17-6-10-24-11-7-17)26-12-8-16(2)9-13-26/h4-7,10-11,14-16,21H,3,8-9,12-13H2,1-2H3,(H,25,27)/t21-/m0/s1. The van der Waals surface area contributed by atoms with Crippen LogP contribution in [-0.2, 0) is 6.42 Å². The average Bonchev–Trinajstić information content (AvgIpc) is 3.41. The lowest BCUT2D eigenvalue weighted by atomic mass is 9.93. The van der Waals surface area contributed by atoms with Gasteiger partial charge in [0.15, 0.2) is 5.76 Å². The summed E-state index contributed by atoms with van der Waals surface area (Å²) in [6, 6.07) is 9.96. The summed E-state index contributed by atoms with van der Waals surface area (Å²) in [5, 5.41) is 4.02. The van der Waals surface area contributed by atoms with E-state index in [0.29, 0.717) is 5.76 Å². The number of aromatic nitrogens is 1. The molecule has 6 heteroatoms. The Hall–Kier alpha value is -2.44. The molecule has 1 saturated heterocycles. The Kier molecular flexibility index (Phi) is 6.11. The lowest BCUT2D eigenvalue weighted by molar-refractivity contribution is 0.0996. The zero-order valence-corrected chi connectivity index (χ0v) is 17.7. The number of nitrogens with one attached hydrogen (secondary N) is 1. The van der Waals surface area contributed by atoms with E-state index >= 15 is 0 Å². The number of aryl methyl sites for hydroxylation is 1. The number of amides is 1. The van der Waals surface area contributed by atoms with Crippen LogP contribution >= 0.6 is 11.3 Å². The smallest absolute Gasteiger partial charge is 0.291 e. The van der Waals surface area contributed by atoms with Crippen LogP contribution in [0.2, 0.25) is 0 Å². The summed E-state index contributed by atoms with van der Waals surface area (Å²) in [5.41, 5.74) is 2.37. The summed E-state index contributed by atoms with van der Waals surface area (Å²) >= 11 is 1.66. The molecule has 0 bridgehead atoms. The average molecular weight is 410 g/mol. The third-order valence-corrected chi connectivity index (χ3v) is 6.84. The van der Waals surface area contributed by atoms with Crippen LogP contribution in [0.5, 0.6) is 0 Å². The minimum absolute atomic E-state index is 0.106. The van der Waals surface area contributed by atoms with Gasteiger partial charge in [0.25, 0.3) is 5.91 Å². The Bertz CT molecular complexity index is 928. The van der Waals surface area contributed by atoms with E-state index in [1.54, 1.807) is 23.5 Å². The van der Waals surface area contributed by atoms with Crippen LogP contribution in [-0.4, -0.2) is 28.9 Å². The SMILES string of the molecule is CCc1cc([C@H](c2ccncc2)N2CCC(C)CC2)c(NC(=O)c2ccco2)s1. The molecule has 1 fully saturated rings. The number of furan rings is 1. The molecule has 0 spiro atoms. The maximum atomic E-state index is 12.7. The molecule has 0 unspecified atom stereocenters. The number of nitrogens with zero attached hydrogens (tertiary/aromatic N) is 2. The second-order valence-electron chi connectivity index (χ2n) is 7.68. The lowest BCUT2D eigenvalue weighted by Gasteiger charge is -2.37. The Morgan fingerprint density at radius 3 is 2.72 bits per heavy atom. The second-order valence-corrected chi connectivity index (χ2v) is 8.82. The van der Waals surface area contributed by atoms with E-state index in [4.69, 9.17) is 4.42 Å². The van der Waals surface area contributed by atoms with E-state index < -0.39 is 0 Å². The van der Waals surface area contributed by atoms with Crippen molar-refractivity contribution in [2.24, 2.45) is 5.92 Å². The fourth-order valence-electron chi connectivity index (χ4n) is 3.93. The van der Waals surface area contributed by atoms with E-state index in [1.807, 2.05) is 12.4 Å². The number of carbonyl (C=O) groups is 1. The van der Waals surface area contributed by atoms with Gasteiger partial charge >= 0.3 is 0 Å². The first kappa shape index (κ1) is 19.9. The van der Waals surface area contributed by atoms with Crippen molar-refractivity contribution in [1.82, 2.24) is 9.88 Å². The monoisotopic (exact) mass is 409 g/mol. The number of anilines is 1. The molecule has 1 amide bonds. The molecule has 1 aliphatic heterocycles. The van der Waals surface area contributed by atoms with Gasteiger partial charge in [-0.3, -0.25) is 14.7 Å². The molecule has 0 aromatic carbocycles. The zero-order chi connectivity index (χ0) is 20.2. The Morgan fingerprint density at radius 1 is 1.31 bits per heavy atom. The van der Waals surface area contributed by atoms with Gasteiger partial charge in [-0.05, 0) is 74.2 Å². The number of thiophene rings is 1. The van der Waals surface area contributed by atoms with Crippen LogP contribution in [0.15, 0.2) is 53.4 Å². The van der Waals surface area contributed by atoms with Crippen LogP contribution in [0, 0.1) is 5.92 Å². The fourth-order valence-corrected chi connectivity index (χ4v) is 4.95. The van der Waals surface area contributed by atoms with E-state index in [-0.39, 0.29) is 11.9 Å². The maximum absolute atomic E-state index is 12.7. The van der Waals surface area contributed by atoms with Gasteiger partial charge in [0.2, 0.25) is 0 Å². The zero-order valence-electron chi connectivity index (χ0n) is 16.9. The van der Waals surface area contributed by atoms with Crippen LogP contribution in [0.4, 0.5) is 5.00 Å². The molecule has 152 valence electrons. The van der Waals surface area contributed by atoms with Gasteiger partial charge in [-0.1, -0.05) is 13.8 Å². The normalized spacial score (nSPS) is 16.6. The summed E-state index contributed by atoms with van der Waals surface area (Å²) in [4.78, 5) is 20.7. The summed E-state index contributed by atoms with van der Waals surface area (Å²) in [7, 11) is 0. The summed E-state index contributed by atoms with van der Waals surface area (Å²) in [6.45, 7) is 6.58. The summed E-state index contributed by atoms with van der Waals surface area (Å²) in [5.74, 6) is 0.882. The number of piperidine rings is 1. The van der Waals surface area contributed by atoms with Crippen molar-refractivity contribution < 1.29 is 9.21 Å². The molecular weight excluding hydrogens is 382 g/mol. The number of hydrogen-bond donors (Lipinski definition) is 1. The molecule has 0 aliphatic carbocycles. The molecule has 29 heavy (non-hydrogen) atoms. The second kappa shape index (κ2) is 8.93. The Balaban J connectivity index is 1.71. The highest BCUT2D eigenvalue weighted by atomic mass is 32.1. The van der Waals surface area contributed by atoms with Crippen LogP contribution in [0.3, 0.4) is 0 Å². The van der Waals surface area contributed by atoms with Crippen molar-refractivity contribution in [2.45, 2.75) is 39.2 Å². The van der Waals surface area contributed by atoms with Gasteiger partial charge < -0.3 is 9.73 Å². The quantitative estimate of drug-likeness (QED) is 0.594. The fraction of sp³-hybridized carbons (Fsp3) is 0.391. The minimum atomic E-state index is -0.207. The van der Waals surface area contributed by atoms with E-state index in [1.165, 1.54) is 29.5 Å². The lowest BCUT2D eigenvalue weighted by Crippen LogP contribution is -2.37. The van der Waals surface area contributed by atoms with Gasteiger partial charge in [-0.15, -0.1) is 11.3 Å². The molecular formula is C23H27N3O2S. The van der Waals surface area contributed by atoms with E-state index in [0.717, 1.165) is 36.0 Å². The Morgan fingerprint density at radius 2 is 2.07 bits per heavy atom. The van der Waals surface area contributed by atoms with Crippen molar-refractivity contribution in [3.63, 3.8) is 0 Å². The molecule has 0 saturated carbocycles. The molecule has 1 atom stereocenters. The molecule has 3 aromatic heterocycles. The highest BCUT2D eigenvalue weighted by molar-refractivity contribution is 7.16. The molecule has 1 aliphatic rings. The van der Waals surface area contributed by atoms with Crippen molar-refractivity contribution in [1.29, 1.82) is 0 Å². The van der Waals surface area contributed by atoms with Gasteiger partial charge in [-0.25, -0.2) is 0 Å². The molecule has 1 N–H and O–H groups in total. The van der Waals surface area contributed by atoms with Crippen molar-refractivity contribution >= 4 is 22.2 Å². The molecule has 4 heterocycles. The van der Waals surface area contributed by atoms with Gasteiger partial charge in [-0.2, -0.15) is 0 Å². The number of pyridine rings is 1. The topological polar surface area (TPSA) is 58.4 Å². The third-order valence-electron chi connectivity index (χ3n) is 5.63. The van der Waals surface area contributed by atoms with Crippen LogP contribution < -0.4 is 5.32 Å². The Labute approximate surface area is 175 Å². The molecule has 0 radical (unpaired) electrons. The van der Waals surface area contributed by atoms with Crippen LogP contribution in [0.25, 0.3) is 0 Å². The number of carbonyl (C=O) groups excluding carboxylic acids is 1. The maximum Gasteiger partial charge on any atom is 0.291 e. The summed E-state index contributed by atoms with van der Waals surface area (Å²) in [6.07, 6.45) is 8.55. The largest absolute Gasteiger partial charge is 0.459 e. The first-order valence-corrected chi connectivity index (χ1v) is 11.1. The number of hydrogen-bond acceptors (Lipinski definition) is 5. The third kappa shape index (κ3) is 4.43. The van der Waals surface area contributed by atoms with Gasteiger partial charge in [0, 0.05) is 22.8 Å². The first-order valence-electron chi connectivity index (χ1n) is 10.3. The number of likely N-dealkylation sites (tertiary alicyclic amines) is 1. The van der Waals surface area contributed by atoms with Crippen molar-refractivity contribution in [3.05, 3.63) is 70.8 Å². The highest BCUT2D eigenvalue weighted by Gasteiger charge is 2.29. The first-order chi connectivity index (χ1) is 14.2. The van der Waals surface area contributed by atoms with Crippen molar-refractivity contribution in [3.8, 4) is 0 Å².